The topological polar surface area (TPSA) is 77.1 Å². The predicted molar refractivity (Wildman–Crippen MR) is 101 cm³/mol. The van der Waals surface area contributed by atoms with Gasteiger partial charge in [-0.1, -0.05) is 29.8 Å². The van der Waals surface area contributed by atoms with E-state index in [4.69, 9.17) is 11.6 Å². The first kappa shape index (κ1) is 16.7. The third-order valence-corrected chi connectivity index (χ3v) is 4.83. The molecule has 1 N–H and O–H groups in total. The second-order valence-electron chi connectivity index (χ2n) is 5.52. The highest BCUT2D eigenvalue weighted by Crippen LogP contribution is 2.22. The molecule has 0 aliphatic carbocycles. The third kappa shape index (κ3) is 3.21. The zero-order chi connectivity index (χ0) is 18.1. The fraction of sp³-hybridized carbons (Fsp3) is 0.0588. The number of benzene rings is 1. The Hall–Kier alpha value is -2.71. The maximum absolute atomic E-state index is 12.5. The van der Waals surface area contributed by atoms with Crippen LogP contribution in [-0.2, 0) is 6.54 Å². The van der Waals surface area contributed by atoms with E-state index >= 15 is 0 Å². The van der Waals surface area contributed by atoms with Crippen LogP contribution in [0.5, 0.6) is 0 Å². The zero-order valence-corrected chi connectivity index (χ0v) is 15.6. The number of halogens is 2. The van der Waals surface area contributed by atoms with E-state index < -0.39 is 0 Å². The van der Waals surface area contributed by atoms with Gasteiger partial charge in [-0.05, 0) is 33.6 Å². The molecule has 0 atom stereocenters. The fourth-order valence-electron chi connectivity index (χ4n) is 2.51. The lowest BCUT2D eigenvalue weighted by molar-refractivity contribution is 0.102. The summed E-state index contributed by atoms with van der Waals surface area (Å²) in [6.45, 7) is 0.511. The molecule has 0 spiro atoms. The molecule has 0 aliphatic heterocycles. The van der Waals surface area contributed by atoms with Gasteiger partial charge in [0.05, 0.1) is 22.9 Å². The molecule has 0 aliphatic rings. The second-order valence-corrected chi connectivity index (χ2v) is 6.72. The van der Waals surface area contributed by atoms with Gasteiger partial charge in [-0.15, -0.1) is 0 Å². The number of anilines is 1. The van der Waals surface area contributed by atoms with Crippen molar-refractivity contribution in [1.82, 2.24) is 24.4 Å². The Morgan fingerprint density at radius 1 is 1.27 bits per heavy atom. The number of nitrogens with zero attached hydrogens (tertiary/aromatic N) is 5. The van der Waals surface area contributed by atoms with Gasteiger partial charge in [0.15, 0.2) is 11.3 Å². The molecule has 7 nitrogen and oxygen atoms in total. The van der Waals surface area contributed by atoms with Gasteiger partial charge in [-0.2, -0.15) is 10.2 Å². The number of fused-ring (bicyclic) bond motifs is 1. The molecule has 4 rings (SSSR count). The Morgan fingerprint density at radius 3 is 2.92 bits per heavy atom. The van der Waals surface area contributed by atoms with Gasteiger partial charge in [0.2, 0.25) is 0 Å². The molecule has 4 aromatic rings. The van der Waals surface area contributed by atoms with Crippen molar-refractivity contribution in [3.8, 4) is 0 Å². The van der Waals surface area contributed by atoms with Crippen LogP contribution in [0.2, 0.25) is 5.02 Å². The summed E-state index contributed by atoms with van der Waals surface area (Å²) in [6.07, 6.45) is 6.69. The van der Waals surface area contributed by atoms with Gasteiger partial charge in [0.1, 0.15) is 0 Å². The number of aromatic nitrogens is 5. The molecule has 0 bridgehead atoms. The van der Waals surface area contributed by atoms with E-state index in [1.807, 2.05) is 24.3 Å². The van der Waals surface area contributed by atoms with Crippen molar-refractivity contribution in [2.45, 2.75) is 6.54 Å². The van der Waals surface area contributed by atoms with Crippen molar-refractivity contribution >= 4 is 44.8 Å². The zero-order valence-electron chi connectivity index (χ0n) is 13.3. The largest absolute Gasteiger partial charge is 0.318 e. The molecule has 1 aromatic carbocycles. The predicted octanol–water partition coefficient (Wildman–Crippen LogP) is 3.64. The van der Waals surface area contributed by atoms with E-state index in [-0.39, 0.29) is 11.6 Å². The number of hydrogen-bond donors (Lipinski definition) is 1. The van der Waals surface area contributed by atoms with Crippen LogP contribution in [0.1, 0.15) is 16.1 Å². The normalized spacial score (nSPS) is 11.0. The Kier molecular flexibility index (Phi) is 4.44. The smallest absolute Gasteiger partial charge is 0.277 e. The van der Waals surface area contributed by atoms with Crippen molar-refractivity contribution in [1.29, 1.82) is 0 Å². The van der Waals surface area contributed by atoms with E-state index in [1.54, 1.807) is 40.1 Å². The van der Waals surface area contributed by atoms with Crippen molar-refractivity contribution in [2.24, 2.45) is 0 Å². The minimum absolute atomic E-state index is 0.252. The van der Waals surface area contributed by atoms with Gasteiger partial charge in [-0.25, -0.2) is 9.50 Å². The summed E-state index contributed by atoms with van der Waals surface area (Å²) >= 11 is 9.55. The maximum Gasteiger partial charge on any atom is 0.277 e. The van der Waals surface area contributed by atoms with Crippen molar-refractivity contribution in [2.75, 3.05) is 5.32 Å². The summed E-state index contributed by atoms with van der Waals surface area (Å²) in [7, 11) is 0. The number of nitrogens with one attached hydrogen (secondary N) is 1. The number of amides is 1. The molecule has 0 saturated carbocycles. The van der Waals surface area contributed by atoms with E-state index in [0.29, 0.717) is 27.4 Å². The molecule has 26 heavy (non-hydrogen) atoms. The van der Waals surface area contributed by atoms with Crippen LogP contribution < -0.4 is 5.32 Å². The number of carbonyl (C=O) groups is 1. The van der Waals surface area contributed by atoms with Crippen LogP contribution in [0, 0.1) is 0 Å². The Labute approximate surface area is 161 Å². The maximum atomic E-state index is 12.5. The molecule has 9 heteroatoms. The average Bonchev–Trinajstić information content (AvgIpc) is 3.22. The van der Waals surface area contributed by atoms with Crippen LogP contribution in [0.15, 0.2) is 59.6 Å². The molecule has 3 aromatic heterocycles. The summed E-state index contributed by atoms with van der Waals surface area (Å²) < 4.78 is 3.79. The van der Waals surface area contributed by atoms with Crippen LogP contribution in [-0.4, -0.2) is 30.3 Å². The van der Waals surface area contributed by atoms with Crippen LogP contribution in [0.3, 0.4) is 0 Å². The highest BCUT2D eigenvalue weighted by molar-refractivity contribution is 9.10. The number of rotatable bonds is 4. The Bertz CT molecular complexity index is 1110. The van der Waals surface area contributed by atoms with Gasteiger partial charge < -0.3 is 5.32 Å². The van der Waals surface area contributed by atoms with Gasteiger partial charge in [0, 0.05) is 23.6 Å². The Balaban J connectivity index is 1.52. The van der Waals surface area contributed by atoms with Crippen LogP contribution in [0.4, 0.5) is 5.69 Å². The van der Waals surface area contributed by atoms with Gasteiger partial charge in [-0.3, -0.25) is 9.48 Å². The molecule has 0 saturated heterocycles. The minimum Gasteiger partial charge on any atom is -0.318 e. The summed E-state index contributed by atoms with van der Waals surface area (Å²) in [5.41, 5.74) is 2.35. The molecule has 0 unspecified atom stereocenters. The van der Waals surface area contributed by atoms with E-state index in [0.717, 1.165) is 5.56 Å². The van der Waals surface area contributed by atoms with Gasteiger partial charge in [0.25, 0.3) is 5.91 Å². The SMILES string of the molecule is O=C(Nc1cnn(Cc2ccccc2Cl)c1)c1nn2cccnc2c1Br. The average molecular weight is 432 g/mol. The van der Waals surface area contributed by atoms with Gasteiger partial charge >= 0.3 is 0 Å². The lowest BCUT2D eigenvalue weighted by Crippen LogP contribution is -2.13. The van der Waals surface area contributed by atoms with E-state index in [9.17, 15) is 4.79 Å². The van der Waals surface area contributed by atoms with E-state index in [2.05, 4.69) is 36.4 Å². The fourth-order valence-corrected chi connectivity index (χ4v) is 3.25. The van der Waals surface area contributed by atoms with E-state index in [1.165, 1.54) is 0 Å². The van der Waals surface area contributed by atoms with Crippen LogP contribution in [0.25, 0.3) is 5.65 Å². The quantitative estimate of drug-likeness (QED) is 0.535. The molecule has 0 radical (unpaired) electrons. The number of carbonyl (C=O) groups excluding carboxylic acids is 1. The molecule has 0 fully saturated rings. The van der Waals surface area contributed by atoms with Crippen molar-refractivity contribution in [3.63, 3.8) is 0 Å². The highest BCUT2D eigenvalue weighted by atomic mass is 79.9. The molecule has 1 amide bonds. The highest BCUT2D eigenvalue weighted by Gasteiger charge is 2.19. The second kappa shape index (κ2) is 6.89. The minimum atomic E-state index is -0.348. The molecule has 3 heterocycles. The lowest BCUT2D eigenvalue weighted by atomic mass is 10.2. The first-order valence-corrected chi connectivity index (χ1v) is 8.85. The summed E-state index contributed by atoms with van der Waals surface area (Å²) in [6, 6.07) is 9.30. The summed E-state index contributed by atoms with van der Waals surface area (Å²) in [5.74, 6) is -0.348. The molecular weight excluding hydrogens is 420 g/mol. The molecular formula is C17H12BrClN6O. The number of hydrogen-bond acceptors (Lipinski definition) is 4. The van der Waals surface area contributed by atoms with Crippen molar-refractivity contribution in [3.05, 3.63) is 75.9 Å². The first-order chi connectivity index (χ1) is 12.6. The molecule has 130 valence electrons. The summed E-state index contributed by atoms with van der Waals surface area (Å²) in [4.78, 5) is 16.7. The standard InChI is InChI=1S/C17H12BrClN6O/c18-14-15(23-25-7-3-6-20-16(14)25)17(26)22-12-8-21-24(10-12)9-11-4-1-2-5-13(11)19/h1-8,10H,9H2,(H,22,26). The van der Waals surface area contributed by atoms with Crippen molar-refractivity contribution < 1.29 is 4.79 Å². The summed E-state index contributed by atoms with van der Waals surface area (Å²) in [5, 5.41) is 12.0. The first-order valence-electron chi connectivity index (χ1n) is 7.68. The third-order valence-electron chi connectivity index (χ3n) is 3.74. The lowest BCUT2D eigenvalue weighted by Gasteiger charge is -2.04. The Morgan fingerprint density at radius 2 is 2.12 bits per heavy atom. The van der Waals surface area contributed by atoms with Crippen LogP contribution >= 0.6 is 27.5 Å². The monoisotopic (exact) mass is 430 g/mol.